The maximum absolute atomic E-state index is 3.62. The van der Waals surface area contributed by atoms with Crippen molar-refractivity contribution in [2.75, 3.05) is 5.32 Å². The summed E-state index contributed by atoms with van der Waals surface area (Å²) in [5.74, 6) is 0. The zero-order valence-electron chi connectivity index (χ0n) is 18.3. The topological polar surface area (TPSA) is 12.0 Å². The highest BCUT2D eigenvalue weighted by atomic mass is 14.9. The third-order valence-corrected chi connectivity index (χ3v) is 5.76. The van der Waals surface area contributed by atoms with Gasteiger partial charge in [0.2, 0.25) is 0 Å². The number of benzene rings is 4. The third kappa shape index (κ3) is 3.76. The lowest BCUT2D eigenvalue weighted by Gasteiger charge is -2.14. The van der Waals surface area contributed by atoms with Crippen LogP contribution in [0.5, 0.6) is 0 Å². The molecule has 0 saturated carbocycles. The van der Waals surface area contributed by atoms with E-state index in [1.54, 1.807) is 0 Å². The van der Waals surface area contributed by atoms with Crippen LogP contribution in [0.2, 0.25) is 0 Å². The van der Waals surface area contributed by atoms with Crippen molar-refractivity contribution < 1.29 is 0 Å². The Morgan fingerprint density at radius 1 is 0.533 bits per heavy atom. The van der Waals surface area contributed by atoms with E-state index in [4.69, 9.17) is 0 Å². The van der Waals surface area contributed by atoms with Gasteiger partial charge in [-0.1, -0.05) is 74.5 Å². The molecule has 0 amide bonds. The maximum atomic E-state index is 3.62. The van der Waals surface area contributed by atoms with E-state index in [1.807, 2.05) is 13.8 Å². The molecular weight excluding hydrogens is 362 g/mol. The molecule has 4 aromatic rings. The maximum Gasteiger partial charge on any atom is 0.0390 e. The predicted molar refractivity (Wildman–Crippen MR) is 131 cm³/mol. The van der Waals surface area contributed by atoms with Crippen LogP contribution in [0.1, 0.15) is 36.1 Å². The second kappa shape index (κ2) is 8.59. The van der Waals surface area contributed by atoms with Crippen molar-refractivity contribution in [2.45, 2.75) is 34.1 Å². The Morgan fingerprint density at radius 3 is 1.87 bits per heavy atom. The van der Waals surface area contributed by atoms with Gasteiger partial charge in [-0.05, 0) is 89.0 Å². The first kappa shape index (κ1) is 20.0. The molecule has 1 nitrogen and oxygen atoms in total. The van der Waals surface area contributed by atoms with Gasteiger partial charge in [0.25, 0.3) is 0 Å². The van der Waals surface area contributed by atoms with Gasteiger partial charge in [-0.15, -0.1) is 0 Å². The first-order valence-electron chi connectivity index (χ1n) is 10.8. The van der Waals surface area contributed by atoms with Crippen LogP contribution in [0, 0.1) is 13.8 Å². The van der Waals surface area contributed by atoms with Crippen LogP contribution in [0.15, 0.2) is 84.9 Å². The molecule has 0 bridgehead atoms. The van der Waals surface area contributed by atoms with E-state index in [1.165, 1.54) is 44.5 Å². The fourth-order valence-corrected chi connectivity index (χ4v) is 4.23. The molecule has 0 saturated heterocycles. The van der Waals surface area contributed by atoms with E-state index < -0.39 is 0 Å². The van der Waals surface area contributed by atoms with E-state index in [-0.39, 0.29) is 0 Å². The summed E-state index contributed by atoms with van der Waals surface area (Å²) in [5.41, 5.74) is 13.0. The van der Waals surface area contributed by atoms with Crippen LogP contribution in [-0.4, -0.2) is 0 Å². The molecule has 0 aliphatic heterocycles. The Hall–Kier alpha value is -3.32. The second-order valence-corrected chi connectivity index (χ2v) is 7.68. The van der Waals surface area contributed by atoms with Crippen LogP contribution in [0.4, 0.5) is 11.4 Å². The molecule has 150 valence electrons. The number of fused-ring (bicyclic) bond motifs is 3. The van der Waals surface area contributed by atoms with Gasteiger partial charge >= 0.3 is 0 Å². The molecule has 1 aliphatic rings. The zero-order chi connectivity index (χ0) is 21.1. The summed E-state index contributed by atoms with van der Waals surface area (Å²) in [5, 5.41) is 3.62. The lowest BCUT2D eigenvalue weighted by atomic mass is 9.96. The van der Waals surface area contributed by atoms with Gasteiger partial charge in [0.1, 0.15) is 0 Å². The molecule has 0 heterocycles. The minimum Gasteiger partial charge on any atom is -0.355 e. The molecule has 1 aliphatic carbocycles. The Labute approximate surface area is 180 Å². The normalized spacial score (nSPS) is 11.2. The van der Waals surface area contributed by atoms with Gasteiger partial charge in [0.05, 0.1) is 0 Å². The Balaban J connectivity index is 0.00000106. The number of aryl methyl sites for hydroxylation is 2. The summed E-state index contributed by atoms with van der Waals surface area (Å²) >= 11 is 0. The van der Waals surface area contributed by atoms with E-state index in [2.05, 4.69) is 104 Å². The van der Waals surface area contributed by atoms with Crippen molar-refractivity contribution in [1.82, 2.24) is 0 Å². The molecular formula is C29H29N. The van der Waals surface area contributed by atoms with Crippen molar-refractivity contribution >= 4 is 11.4 Å². The van der Waals surface area contributed by atoms with Crippen LogP contribution in [-0.2, 0) is 6.42 Å². The van der Waals surface area contributed by atoms with E-state index in [0.29, 0.717) is 0 Å². The largest absolute Gasteiger partial charge is 0.355 e. The summed E-state index contributed by atoms with van der Waals surface area (Å²) in [6.45, 7) is 8.35. The summed E-state index contributed by atoms with van der Waals surface area (Å²) in [7, 11) is 0. The number of hydrogen-bond acceptors (Lipinski definition) is 1. The van der Waals surface area contributed by atoms with Gasteiger partial charge in [-0.3, -0.25) is 0 Å². The number of anilines is 2. The monoisotopic (exact) mass is 391 g/mol. The van der Waals surface area contributed by atoms with Gasteiger partial charge in [0, 0.05) is 11.4 Å². The minimum absolute atomic E-state index is 1.04. The number of nitrogens with one attached hydrogen (secondary N) is 1. The summed E-state index contributed by atoms with van der Waals surface area (Å²) in [4.78, 5) is 0. The van der Waals surface area contributed by atoms with Gasteiger partial charge < -0.3 is 5.32 Å². The highest BCUT2D eigenvalue weighted by Crippen LogP contribution is 2.38. The summed E-state index contributed by atoms with van der Waals surface area (Å²) in [6.07, 6.45) is 1.04. The molecule has 0 atom stereocenters. The molecule has 30 heavy (non-hydrogen) atoms. The molecule has 0 fully saturated rings. The average Bonchev–Trinajstić information content (AvgIpc) is 3.15. The Morgan fingerprint density at radius 2 is 1.10 bits per heavy atom. The van der Waals surface area contributed by atoms with Crippen molar-refractivity contribution in [1.29, 1.82) is 0 Å². The predicted octanol–water partition coefficient (Wildman–Crippen LogP) is 8.31. The molecule has 1 heteroatoms. The molecule has 5 rings (SSSR count). The summed E-state index contributed by atoms with van der Waals surface area (Å²) < 4.78 is 0. The number of hydrogen-bond donors (Lipinski definition) is 1. The standard InChI is InChI=1S/C27H23N.C2H6/c1-18-7-3-5-9-24(18)26-16-22(13-11-19(26)2)28-23-14-12-21-15-20-8-4-6-10-25(20)27(21)17-23;1-2/h3-14,16-17,28H,15H2,1-2H3;1-2H3. The lowest BCUT2D eigenvalue weighted by Crippen LogP contribution is -1.94. The van der Waals surface area contributed by atoms with Crippen LogP contribution in [0.25, 0.3) is 22.3 Å². The highest BCUT2D eigenvalue weighted by molar-refractivity contribution is 5.81. The smallest absolute Gasteiger partial charge is 0.0390 e. The third-order valence-electron chi connectivity index (χ3n) is 5.76. The molecule has 4 aromatic carbocycles. The zero-order valence-corrected chi connectivity index (χ0v) is 18.3. The number of rotatable bonds is 3. The van der Waals surface area contributed by atoms with Crippen LogP contribution < -0.4 is 5.32 Å². The average molecular weight is 392 g/mol. The quantitative estimate of drug-likeness (QED) is 0.326. The highest BCUT2D eigenvalue weighted by Gasteiger charge is 2.18. The van der Waals surface area contributed by atoms with E-state index in [9.17, 15) is 0 Å². The molecule has 0 aromatic heterocycles. The molecule has 0 radical (unpaired) electrons. The summed E-state index contributed by atoms with van der Waals surface area (Å²) in [6, 6.07) is 30.7. The molecule has 0 unspecified atom stereocenters. The Bertz CT molecular complexity index is 1190. The molecule has 1 N–H and O–H groups in total. The first-order chi connectivity index (χ1) is 14.7. The van der Waals surface area contributed by atoms with Crippen molar-refractivity contribution in [3.05, 3.63) is 107 Å². The molecule has 0 spiro atoms. The van der Waals surface area contributed by atoms with Crippen molar-refractivity contribution in [3.63, 3.8) is 0 Å². The fourth-order valence-electron chi connectivity index (χ4n) is 4.23. The van der Waals surface area contributed by atoms with Crippen molar-refractivity contribution in [2.24, 2.45) is 0 Å². The lowest BCUT2D eigenvalue weighted by molar-refractivity contribution is 1.26. The van der Waals surface area contributed by atoms with Gasteiger partial charge in [-0.2, -0.15) is 0 Å². The fraction of sp³-hybridized carbons (Fsp3) is 0.172. The van der Waals surface area contributed by atoms with E-state index >= 15 is 0 Å². The van der Waals surface area contributed by atoms with Crippen LogP contribution >= 0.6 is 0 Å². The second-order valence-electron chi connectivity index (χ2n) is 7.68. The van der Waals surface area contributed by atoms with Crippen molar-refractivity contribution in [3.8, 4) is 22.3 Å². The minimum atomic E-state index is 1.04. The Kier molecular flexibility index (Phi) is 5.72. The van der Waals surface area contributed by atoms with Gasteiger partial charge in [0.15, 0.2) is 0 Å². The van der Waals surface area contributed by atoms with Crippen LogP contribution in [0.3, 0.4) is 0 Å². The first-order valence-corrected chi connectivity index (χ1v) is 10.8. The van der Waals surface area contributed by atoms with E-state index in [0.717, 1.165) is 17.8 Å². The van der Waals surface area contributed by atoms with Gasteiger partial charge in [-0.25, -0.2) is 0 Å². The SMILES string of the molecule is CC.Cc1ccccc1-c1cc(Nc2ccc3c(c2)-c2ccccc2C3)ccc1C.